The molecule has 0 unspecified atom stereocenters. The number of H-pyrrole nitrogens is 1. The van der Waals surface area contributed by atoms with Gasteiger partial charge in [-0.1, -0.05) is 0 Å². The standard InChI is InChI=1S/C14H10F3N7/c1-19-12-9(14(15,16)17)6-20-13(22-12)21-7-2-3-8-10(4-7)23-24-11(8)5-18/h2-4,6H,1H3,(H,23,24)(H2,19,20,21,22). The number of alkyl halides is 3. The fourth-order valence-electron chi connectivity index (χ4n) is 2.15. The minimum Gasteiger partial charge on any atom is -0.372 e. The number of benzene rings is 1. The predicted molar refractivity (Wildman–Crippen MR) is 80.7 cm³/mol. The maximum absolute atomic E-state index is 12.8. The Balaban J connectivity index is 1.92. The molecule has 2 aromatic heterocycles. The zero-order valence-electron chi connectivity index (χ0n) is 12.2. The molecule has 3 aromatic rings. The minimum absolute atomic E-state index is 0.00622. The Hall–Kier alpha value is -3.35. The van der Waals surface area contributed by atoms with E-state index >= 15 is 0 Å². The lowest BCUT2D eigenvalue weighted by Gasteiger charge is -2.12. The lowest BCUT2D eigenvalue weighted by atomic mass is 10.2. The number of aromatic amines is 1. The maximum Gasteiger partial charge on any atom is 0.421 e. The first-order valence-corrected chi connectivity index (χ1v) is 6.69. The number of nitrogens with zero attached hydrogens (tertiary/aromatic N) is 4. The van der Waals surface area contributed by atoms with E-state index in [-0.39, 0.29) is 17.5 Å². The fourth-order valence-corrected chi connectivity index (χ4v) is 2.15. The summed E-state index contributed by atoms with van der Waals surface area (Å²) in [7, 11) is 1.35. The molecule has 0 amide bonds. The molecular formula is C14H10F3N7. The molecule has 24 heavy (non-hydrogen) atoms. The highest BCUT2D eigenvalue weighted by Crippen LogP contribution is 2.33. The third-order valence-electron chi connectivity index (χ3n) is 3.26. The molecule has 2 heterocycles. The van der Waals surface area contributed by atoms with Crippen LogP contribution < -0.4 is 10.6 Å². The number of nitrogens with one attached hydrogen (secondary N) is 3. The molecule has 0 saturated carbocycles. The van der Waals surface area contributed by atoms with E-state index in [1.54, 1.807) is 18.2 Å². The van der Waals surface area contributed by atoms with Crippen LogP contribution in [0.3, 0.4) is 0 Å². The van der Waals surface area contributed by atoms with Crippen LogP contribution in [0.5, 0.6) is 0 Å². The topological polar surface area (TPSA) is 102 Å². The number of nitriles is 1. The van der Waals surface area contributed by atoms with E-state index in [0.717, 1.165) is 0 Å². The second-order valence-electron chi connectivity index (χ2n) is 4.77. The van der Waals surface area contributed by atoms with Crippen molar-refractivity contribution in [3.8, 4) is 6.07 Å². The smallest absolute Gasteiger partial charge is 0.372 e. The first-order chi connectivity index (χ1) is 11.4. The lowest BCUT2D eigenvalue weighted by molar-refractivity contribution is -0.137. The summed E-state index contributed by atoms with van der Waals surface area (Å²) in [5.74, 6) is -0.318. The van der Waals surface area contributed by atoms with Gasteiger partial charge in [-0.15, -0.1) is 0 Å². The van der Waals surface area contributed by atoms with Crippen molar-refractivity contribution < 1.29 is 13.2 Å². The highest BCUT2D eigenvalue weighted by molar-refractivity contribution is 5.86. The molecule has 10 heteroatoms. The third-order valence-corrected chi connectivity index (χ3v) is 3.26. The highest BCUT2D eigenvalue weighted by atomic mass is 19.4. The van der Waals surface area contributed by atoms with Crippen molar-refractivity contribution in [2.24, 2.45) is 0 Å². The molecule has 3 N–H and O–H groups in total. The van der Waals surface area contributed by atoms with Gasteiger partial charge in [0, 0.05) is 24.3 Å². The van der Waals surface area contributed by atoms with Gasteiger partial charge in [-0.25, -0.2) is 4.98 Å². The van der Waals surface area contributed by atoms with Crippen LogP contribution in [0.25, 0.3) is 10.9 Å². The molecule has 0 aliphatic rings. The maximum atomic E-state index is 12.8. The molecule has 122 valence electrons. The largest absolute Gasteiger partial charge is 0.421 e. The minimum atomic E-state index is -4.54. The first-order valence-electron chi connectivity index (χ1n) is 6.69. The van der Waals surface area contributed by atoms with Crippen molar-refractivity contribution in [1.29, 1.82) is 5.26 Å². The van der Waals surface area contributed by atoms with Crippen LogP contribution in [0.2, 0.25) is 0 Å². The second kappa shape index (κ2) is 5.69. The summed E-state index contributed by atoms with van der Waals surface area (Å²) in [5, 5.41) is 21.3. The zero-order chi connectivity index (χ0) is 17.3. The van der Waals surface area contributed by atoms with E-state index in [1.807, 2.05) is 6.07 Å². The Morgan fingerprint density at radius 2 is 2.08 bits per heavy atom. The van der Waals surface area contributed by atoms with Crippen molar-refractivity contribution in [1.82, 2.24) is 20.2 Å². The van der Waals surface area contributed by atoms with Crippen molar-refractivity contribution in [3.63, 3.8) is 0 Å². The average molecular weight is 333 g/mol. The summed E-state index contributed by atoms with van der Waals surface area (Å²) in [6.07, 6.45) is -3.83. The Bertz CT molecular complexity index is 940. The van der Waals surface area contributed by atoms with E-state index in [4.69, 9.17) is 5.26 Å². The number of aromatic nitrogens is 4. The molecule has 0 aliphatic carbocycles. The number of halogens is 3. The summed E-state index contributed by atoms with van der Waals surface area (Å²) in [5.41, 5.74) is 0.466. The Morgan fingerprint density at radius 1 is 1.29 bits per heavy atom. The zero-order valence-corrected chi connectivity index (χ0v) is 12.2. The second-order valence-corrected chi connectivity index (χ2v) is 4.77. The van der Waals surface area contributed by atoms with Crippen LogP contribution in [0.4, 0.5) is 30.6 Å². The molecular weight excluding hydrogens is 323 g/mol. The fraction of sp³-hybridized carbons (Fsp3) is 0.143. The van der Waals surface area contributed by atoms with Gasteiger partial charge in [0.15, 0.2) is 5.69 Å². The molecule has 3 rings (SSSR count). The third kappa shape index (κ3) is 2.79. The Labute approximate surface area is 133 Å². The van der Waals surface area contributed by atoms with Crippen LogP contribution in [-0.2, 0) is 6.18 Å². The molecule has 0 radical (unpaired) electrons. The molecule has 0 aliphatic heterocycles. The molecule has 0 spiro atoms. The van der Waals surface area contributed by atoms with Crippen molar-refractivity contribution >= 4 is 28.4 Å². The van der Waals surface area contributed by atoms with Crippen molar-refractivity contribution in [2.45, 2.75) is 6.18 Å². The average Bonchev–Trinajstić information content (AvgIpc) is 2.96. The highest BCUT2D eigenvalue weighted by Gasteiger charge is 2.35. The number of rotatable bonds is 3. The first kappa shape index (κ1) is 15.5. The summed E-state index contributed by atoms with van der Waals surface area (Å²) in [4.78, 5) is 7.51. The van der Waals surface area contributed by atoms with Gasteiger partial charge < -0.3 is 10.6 Å². The van der Waals surface area contributed by atoms with Gasteiger partial charge in [-0.05, 0) is 18.2 Å². The van der Waals surface area contributed by atoms with Gasteiger partial charge in [0.05, 0.1) is 5.52 Å². The van der Waals surface area contributed by atoms with Crippen LogP contribution in [0.15, 0.2) is 24.4 Å². The normalized spacial score (nSPS) is 11.3. The van der Waals surface area contributed by atoms with E-state index < -0.39 is 11.7 Å². The monoisotopic (exact) mass is 333 g/mol. The van der Waals surface area contributed by atoms with Gasteiger partial charge in [-0.2, -0.15) is 28.5 Å². The Kier molecular flexibility index (Phi) is 3.69. The van der Waals surface area contributed by atoms with Gasteiger partial charge in [-0.3, -0.25) is 5.10 Å². The summed E-state index contributed by atoms with van der Waals surface area (Å²) in [6, 6.07) is 6.93. The van der Waals surface area contributed by atoms with Crippen molar-refractivity contribution in [3.05, 3.63) is 35.7 Å². The number of hydrogen-bond donors (Lipinski definition) is 3. The van der Waals surface area contributed by atoms with Crippen LogP contribution >= 0.6 is 0 Å². The van der Waals surface area contributed by atoms with Crippen LogP contribution in [0.1, 0.15) is 11.3 Å². The molecule has 0 atom stereocenters. The van der Waals surface area contributed by atoms with Gasteiger partial charge in [0.1, 0.15) is 17.5 Å². The number of hydrogen-bond acceptors (Lipinski definition) is 6. The summed E-state index contributed by atoms with van der Waals surface area (Å²) < 4.78 is 38.5. The molecule has 0 saturated heterocycles. The van der Waals surface area contributed by atoms with E-state index in [9.17, 15) is 13.2 Å². The van der Waals surface area contributed by atoms with Gasteiger partial charge in [0.25, 0.3) is 0 Å². The van der Waals surface area contributed by atoms with E-state index in [1.165, 1.54) is 7.05 Å². The summed E-state index contributed by atoms with van der Waals surface area (Å²) >= 11 is 0. The van der Waals surface area contributed by atoms with E-state index in [0.29, 0.717) is 22.8 Å². The van der Waals surface area contributed by atoms with Crippen molar-refractivity contribution in [2.75, 3.05) is 17.7 Å². The SMILES string of the molecule is CNc1nc(Nc2ccc3c(C#N)n[nH]c3c2)ncc1C(F)(F)F. The number of fused-ring (bicyclic) bond motifs is 1. The van der Waals surface area contributed by atoms with E-state index in [2.05, 4.69) is 30.8 Å². The number of anilines is 3. The quantitative estimate of drug-likeness (QED) is 0.681. The summed E-state index contributed by atoms with van der Waals surface area (Å²) in [6.45, 7) is 0. The molecule has 0 fully saturated rings. The van der Waals surface area contributed by atoms with Crippen LogP contribution in [-0.4, -0.2) is 27.2 Å². The molecule has 0 bridgehead atoms. The Morgan fingerprint density at radius 3 is 2.75 bits per heavy atom. The van der Waals surface area contributed by atoms with Crippen LogP contribution in [0, 0.1) is 11.3 Å². The predicted octanol–water partition coefficient (Wildman–Crippen LogP) is 3.03. The van der Waals surface area contributed by atoms with Gasteiger partial charge >= 0.3 is 6.18 Å². The van der Waals surface area contributed by atoms with Gasteiger partial charge in [0.2, 0.25) is 5.95 Å². The molecule has 1 aromatic carbocycles. The molecule has 7 nitrogen and oxygen atoms in total. The lowest BCUT2D eigenvalue weighted by Crippen LogP contribution is -2.12.